The fraction of sp³-hybridized carbons (Fsp3) is 0.500. The molecule has 7 nitrogen and oxygen atoms in total. The number of aryl methyl sites for hydroxylation is 1. The van der Waals surface area contributed by atoms with E-state index in [0.717, 1.165) is 26.2 Å². The lowest BCUT2D eigenvalue weighted by Gasteiger charge is -2.32. The molecule has 0 radical (unpaired) electrons. The summed E-state index contributed by atoms with van der Waals surface area (Å²) in [5.41, 5.74) is 0.490. The molecule has 1 aliphatic heterocycles. The van der Waals surface area contributed by atoms with Gasteiger partial charge in [-0.05, 0) is 20.9 Å². The summed E-state index contributed by atoms with van der Waals surface area (Å²) < 4.78 is 1.84. The maximum Gasteiger partial charge on any atom is 0.227 e. The van der Waals surface area contributed by atoms with Gasteiger partial charge in [-0.2, -0.15) is 4.98 Å². The number of pyridine rings is 1. The molecule has 0 saturated carbocycles. The third-order valence-electron chi connectivity index (χ3n) is 4.31. The standard InChI is InChI=1S/C16H21N5O2/c1-4-20-10-13(11(2)22)14(23)12-9-17-16(18-15(12)20)21-7-5-19(3)6-8-21/h9-10H,4-8H2,1-3H3. The number of hydrogen-bond acceptors (Lipinski definition) is 6. The van der Waals surface area contributed by atoms with Crippen LogP contribution in [0.5, 0.6) is 0 Å². The molecule has 1 aliphatic rings. The summed E-state index contributed by atoms with van der Waals surface area (Å²) in [7, 11) is 2.09. The van der Waals surface area contributed by atoms with Gasteiger partial charge in [-0.25, -0.2) is 4.98 Å². The Bertz CT molecular complexity index is 806. The summed E-state index contributed by atoms with van der Waals surface area (Å²) in [5.74, 6) is 0.407. The summed E-state index contributed by atoms with van der Waals surface area (Å²) in [6, 6.07) is 0. The van der Waals surface area contributed by atoms with E-state index in [1.54, 1.807) is 12.4 Å². The van der Waals surface area contributed by atoms with Crippen molar-refractivity contribution in [3.05, 3.63) is 28.2 Å². The normalized spacial score (nSPS) is 16.0. The number of rotatable bonds is 3. The van der Waals surface area contributed by atoms with Gasteiger partial charge in [0.25, 0.3) is 0 Å². The van der Waals surface area contributed by atoms with E-state index in [1.807, 2.05) is 11.5 Å². The van der Waals surface area contributed by atoms with Crippen molar-refractivity contribution < 1.29 is 4.79 Å². The Morgan fingerprint density at radius 2 is 1.96 bits per heavy atom. The van der Waals surface area contributed by atoms with Gasteiger partial charge in [0.05, 0.1) is 10.9 Å². The van der Waals surface area contributed by atoms with Crippen molar-refractivity contribution in [2.24, 2.45) is 0 Å². The van der Waals surface area contributed by atoms with Crippen molar-refractivity contribution in [2.75, 3.05) is 38.1 Å². The fourth-order valence-corrected chi connectivity index (χ4v) is 2.81. The van der Waals surface area contributed by atoms with E-state index in [4.69, 9.17) is 0 Å². The van der Waals surface area contributed by atoms with Crippen molar-refractivity contribution in [3.8, 4) is 0 Å². The highest BCUT2D eigenvalue weighted by Crippen LogP contribution is 2.15. The van der Waals surface area contributed by atoms with E-state index in [1.165, 1.54) is 6.92 Å². The van der Waals surface area contributed by atoms with Crippen molar-refractivity contribution >= 4 is 22.8 Å². The van der Waals surface area contributed by atoms with Gasteiger partial charge in [-0.3, -0.25) is 9.59 Å². The Morgan fingerprint density at radius 1 is 1.26 bits per heavy atom. The number of Topliss-reactive ketones (excluding diaryl/α,β-unsaturated/α-hetero) is 1. The van der Waals surface area contributed by atoms with Crippen LogP contribution in [0, 0.1) is 0 Å². The van der Waals surface area contributed by atoms with Gasteiger partial charge in [0.1, 0.15) is 5.65 Å². The lowest BCUT2D eigenvalue weighted by molar-refractivity contribution is 0.101. The van der Waals surface area contributed by atoms with Crippen LogP contribution >= 0.6 is 0 Å². The van der Waals surface area contributed by atoms with Crippen LogP contribution in [0.4, 0.5) is 5.95 Å². The summed E-state index contributed by atoms with van der Waals surface area (Å²) in [4.78, 5) is 37.4. The average molecular weight is 315 g/mol. The first-order chi connectivity index (χ1) is 11.0. The van der Waals surface area contributed by atoms with Gasteiger partial charge in [0.2, 0.25) is 11.4 Å². The number of ketones is 1. The van der Waals surface area contributed by atoms with Crippen LogP contribution in [-0.4, -0.2) is 58.4 Å². The van der Waals surface area contributed by atoms with Gasteiger partial charge in [0, 0.05) is 45.1 Å². The van der Waals surface area contributed by atoms with E-state index in [9.17, 15) is 9.59 Å². The molecule has 7 heteroatoms. The minimum absolute atomic E-state index is 0.190. The molecule has 1 fully saturated rings. The summed E-state index contributed by atoms with van der Waals surface area (Å²) in [5, 5.41) is 0.400. The van der Waals surface area contributed by atoms with Gasteiger partial charge in [0.15, 0.2) is 5.78 Å². The van der Waals surface area contributed by atoms with Crippen LogP contribution in [0.15, 0.2) is 17.2 Å². The predicted octanol–water partition coefficient (Wildman–Crippen LogP) is 0.766. The highest BCUT2D eigenvalue weighted by atomic mass is 16.1. The van der Waals surface area contributed by atoms with Crippen LogP contribution in [0.1, 0.15) is 24.2 Å². The number of nitrogens with zero attached hydrogens (tertiary/aromatic N) is 5. The number of fused-ring (bicyclic) bond motifs is 1. The maximum absolute atomic E-state index is 12.4. The number of likely N-dealkylation sites (N-methyl/N-ethyl adjacent to an activating group) is 1. The van der Waals surface area contributed by atoms with Crippen molar-refractivity contribution in [2.45, 2.75) is 20.4 Å². The predicted molar refractivity (Wildman–Crippen MR) is 89.2 cm³/mol. The number of aromatic nitrogens is 3. The van der Waals surface area contributed by atoms with Gasteiger partial charge < -0.3 is 14.4 Å². The second-order valence-electron chi connectivity index (χ2n) is 5.91. The molecular formula is C16H21N5O2. The Balaban J connectivity index is 2.11. The minimum Gasteiger partial charge on any atom is -0.338 e. The van der Waals surface area contributed by atoms with Crippen molar-refractivity contribution in [1.82, 2.24) is 19.4 Å². The highest BCUT2D eigenvalue weighted by molar-refractivity contribution is 5.96. The smallest absolute Gasteiger partial charge is 0.227 e. The Hall–Kier alpha value is -2.28. The molecule has 3 rings (SSSR count). The van der Waals surface area contributed by atoms with Crippen LogP contribution < -0.4 is 10.3 Å². The molecule has 3 heterocycles. The molecule has 1 saturated heterocycles. The quantitative estimate of drug-likeness (QED) is 0.779. The summed E-state index contributed by atoms with van der Waals surface area (Å²) >= 11 is 0. The number of carbonyl (C=O) groups excluding carboxylic acids is 1. The third-order valence-corrected chi connectivity index (χ3v) is 4.31. The van der Waals surface area contributed by atoms with Crippen LogP contribution in [0.2, 0.25) is 0 Å². The zero-order valence-electron chi connectivity index (χ0n) is 13.7. The molecule has 0 atom stereocenters. The van der Waals surface area contributed by atoms with E-state index < -0.39 is 0 Å². The molecule has 0 bridgehead atoms. The van der Waals surface area contributed by atoms with E-state index in [0.29, 0.717) is 23.5 Å². The third kappa shape index (κ3) is 2.84. The fourth-order valence-electron chi connectivity index (χ4n) is 2.81. The minimum atomic E-state index is -0.290. The van der Waals surface area contributed by atoms with Gasteiger partial charge >= 0.3 is 0 Å². The van der Waals surface area contributed by atoms with Crippen molar-refractivity contribution in [1.29, 1.82) is 0 Å². The molecule has 0 N–H and O–H groups in total. The lowest BCUT2D eigenvalue weighted by Crippen LogP contribution is -2.45. The van der Waals surface area contributed by atoms with E-state index in [-0.39, 0.29) is 16.8 Å². The first-order valence-electron chi connectivity index (χ1n) is 7.86. The van der Waals surface area contributed by atoms with Crippen LogP contribution in [0.3, 0.4) is 0 Å². The first kappa shape index (κ1) is 15.6. The number of anilines is 1. The summed E-state index contributed by atoms with van der Waals surface area (Å²) in [6.07, 6.45) is 3.16. The van der Waals surface area contributed by atoms with Crippen molar-refractivity contribution in [3.63, 3.8) is 0 Å². The lowest BCUT2D eigenvalue weighted by atomic mass is 10.1. The van der Waals surface area contributed by atoms with Crippen LogP contribution in [-0.2, 0) is 6.54 Å². The Kier molecular flexibility index (Phi) is 4.12. The molecule has 122 valence electrons. The largest absolute Gasteiger partial charge is 0.338 e. The van der Waals surface area contributed by atoms with Crippen LogP contribution in [0.25, 0.3) is 11.0 Å². The zero-order chi connectivity index (χ0) is 16.6. The SMILES string of the molecule is CCn1cc(C(C)=O)c(=O)c2cnc(N3CCN(C)CC3)nc21. The van der Waals surface area contributed by atoms with Gasteiger partial charge in [-0.15, -0.1) is 0 Å². The zero-order valence-corrected chi connectivity index (χ0v) is 13.7. The highest BCUT2D eigenvalue weighted by Gasteiger charge is 2.19. The number of piperazine rings is 1. The molecule has 0 aromatic carbocycles. The Morgan fingerprint density at radius 3 is 2.57 bits per heavy atom. The molecule has 0 aliphatic carbocycles. The first-order valence-corrected chi connectivity index (χ1v) is 7.86. The second-order valence-corrected chi connectivity index (χ2v) is 5.91. The Labute approximate surface area is 134 Å². The molecule has 23 heavy (non-hydrogen) atoms. The maximum atomic E-state index is 12.4. The summed E-state index contributed by atoms with van der Waals surface area (Å²) in [6.45, 7) is 7.66. The molecule has 2 aromatic heterocycles. The number of carbonyl (C=O) groups is 1. The van der Waals surface area contributed by atoms with Gasteiger partial charge in [-0.1, -0.05) is 0 Å². The monoisotopic (exact) mass is 315 g/mol. The van der Waals surface area contributed by atoms with E-state index in [2.05, 4.69) is 26.8 Å². The molecule has 0 amide bonds. The average Bonchev–Trinajstić information content (AvgIpc) is 2.55. The molecule has 0 unspecified atom stereocenters. The molecule has 2 aromatic rings. The van der Waals surface area contributed by atoms with E-state index >= 15 is 0 Å². The number of hydrogen-bond donors (Lipinski definition) is 0. The molecule has 0 spiro atoms. The molecular weight excluding hydrogens is 294 g/mol. The second kappa shape index (κ2) is 6.08. The topological polar surface area (TPSA) is 71.3 Å².